The topological polar surface area (TPSA) is 85.5 Å². The van der Waals surface area contributed by atoms with E-state index in [9.17, 15) is 9.18 Å². The fourth-order valence-corrected chi connectivity index (χ4v) is 1.48. The van der Waals surface area contributed by atoms with Gasteiger partial charge in [0.1, 0.15) is 0 Å². The largest absolute Gasteiger partial charge is 0.494 e. The predicted molar refractivity (Wildman–Crippen MR) is 62.2 cm³/mol. The van der Waals surface area contributed by atoms with Gasteiger partial charge in [-0.3, -0.25) is 4.79 Å². The molecule has 0 bridgehead atoms. The predicted octanol–water partition coefficient (Wildman–Crippen LogP) is 1.90. The van der Waals surface area contributed by atoms with Crippen molar-refractivity contribution in [1.82, 2.24) is 10.2 Å². The van der Waals surface area contributed by atoms with Crippen molar-refractivity contribution < 1.29 is 23.4 Å². The number of halogens is 1. The Kier molecular flexibility index (Phi) is 3.74. The molecule has 19 heavy (non-hydrogen) atoms. The minimum Gasteiger partial charge on any atom is -0.494 e. The third-order valence-electron chi connectivity index (χ3n) is 2.42. The zero-order valence-electron chi connectivity index (χ0n) is 10.1. The van der Waals surface area contributed by atoms with Crippen molar-refractivity contribution in [3.8, 4) is 17.2 Å². The summed E-state index contributed by atoms with van der Waals surface area (Å²) in [5, 5.41) is 16.1. The molecule has 0 radical (unpaired) electrons. The molecule has 2 aromatic rings. The maximum Gasteiger partial charge on any atom is 0.303 e. The van der Waals surface area contributed by atoms with Gasteiger partial charge in [-0.2, -0.15) is 0 Å². The van der Waals surface area contributed by atoms with Crippen LogP contribution in [0.2, 0.25) is 0 Å². The lowest BCUT2D eigenvalue weighted by Crippen LogP contribution is -1.97. The first-order chi connectivity index (χ1) is 9.10. The van der Waals surface area contributed by atoms with Crippen molar-refractivity contribution in [3.63, 3.8) is 0 Å². The standard InChI is InChI=1S/C12H11FN2O4/c1-18-9-6-7(2-3-8(9)13)12-15-14-10(19-12)4-5-11(16)17/h2-3,6H,4-5H2,1H3,(H,16,17). The molecule has 0 spiro atoms. The van der Waals surface area contributed by atoms with E-state index in [1.54, 1.807) is 0 Å². The number of aliphatic carboxylic acids is 1. The summed E-state index contributed by atoms with van der Waals surface area (Å²) in [6.07, 6.45) is 0.0645. The van der Waals surface area contributed by atoms with Crippen molar-refractivity contribution in [3.05, 3.63) is 29.9 Å². The van der Waals surface area contributed by atoms with Crippen molar-refractivity contribution in [2.24, 2.45) is 0 Å². The van der Waals surface area contributed by atoms with Gasteiger partial charge in [0, 0.05) is 12.0 Å². The van der Waals surface area contributed by atoms with E-state index in [4.69, 9.17) is 14.3 Å². The summed E-state index contributed by atoms with van der Waals surface area (Å²) in [5.41, 5.74) is 0.507. The second-order valence-electron chi connectivity index (χ2n) is 3.74. The Morgan fingerprint density at radius 2 is 2.26 bits per heavy atom. The van der Waals surface area contributed by atoms with Crippen LogP contribution in [-0.2, 0) is 11.2 Å². The van der Waals surface area contributed by atoms with Crippen molar-refractivity contribution in [1.29, 1.82) is 0 Å². The van der Waals surface area contributed by atoms with E-state index in [-0.39, 0.29) is 30.4 Å². The molecule has 0 saturated heterocycles. The molecule has 7 heteroatoms. The zero-order chi connectivity index (χ0) is 13.8. The first-order valence-corrected chi connectivity index (χ1v) is 5.48. The highest BCUT2D eigenvalue weighted by Gasteiger charge is 2.12. The Balaban J connectivity index is 2.20. The van der Waals surface area contributed by atoms with Crippen molar-refractivity contribution >= 4 is 5.97 Å². The summed E-state index contributed by atoms with van der Waals surface area (Å²) in [5.74, 6) is -0.942. The van der Waals surface area contributed by atoms with E-state index < -0.39 is 11.8 Å². The van der Waals surface area contributed by atoms with Gasteiger partial charge in [0.05, 0.1) is 13.5 Å². The van der Waals surface area contributed by atoms with Gasteiger partial charge in [0.2, 0.25) is 11.8 Å². The van der Waals surface area contributed by atoms with Crippen LogP contribution in [0.15, 0.2) is 22.6 Å². The number of carbonyl (C=O) groups is 1. The summed E-state index contributed by atoms with van der Waals surface area (Å²) < 4.78 is 23.4. The van der Waals surface area contributed by atoms with E-state index in [1.807, 2.05) is 0 Å². The van der Waals surface area contributed by atoms with Crippen LogP contribution in [0.3, 0.4) is 0 Å². The van der Waals surface area contributed by atoms with Gasteiger partial charge in [-0.1, -0.05) is 0 Å². The van der Waals surface area contributed by atoms with Crippen LogP contribution in [0, 0.1) is 5.82 Å². The highest BCUT2D eigenvalue weighted by Crippen LogP contribution is 2.25. The lowest BCUT2D eigenvalue weighted by atomic mass is 10.2. The Morgan fingerprint density at radius 3 is 2.95 bits per heavy atom. The van der Waals surface area contributed by atoms with Crippen LogP contribution in [0.4, 0.5) is 4.39 Å². The highest BCUT2D eigenvalue weighted by molar-refractivity contribution is 5.66. The van der Waals surface area contributed by atoms with Gasteiger partial charge >= 0.3 is 5.97 Å². The number of aromatic nitrogens is 2. The zero-order valence-corrected chi connectivity index (χ0v) is 10.1. The van der Waals surface area contributed by atoms with Crippen LogP contribution < -0.4 is 4.74 Å². The van der Waals surface area contributed by atoms with Crippen molar-refractivity contribution in [2.75, 3.05) is 7.11 Å². The Bertz CT molecular complexity index is 597. The Labute approximate surface area is 107 Å². The molecule has 0 aliphatic rings. The van der Waals surface area contributed by atoms with E-state index in [2.05, 4.69) is 10.2 Å². The molecule has 0 fully saturated rings. The summed E-state index contributed by atoms with van der Waals surface area (Å²) in [4.78, 5) is 10.4. The SMILES string of the molecule is COc1cc(-c2nnc(CCC(=O)O)o2)ccc1F. The smallest absolute Gasteiger partial charge is 0.303 e. The van der Waals surface area contributed by atoms with Crippen molar-refractivity contribution in [2.45, 2.75) is 12.8 Å². The minimum atomic E-state index is -0.941. The quantitative estimate of drug-likeness (QED) is 0.889. The second-order valence-corrected chi connectivity index (χ2v) is 3.74. The number of carboxylic acids is 1. The molecule has 0 atom stereocenters. The van der Waals surface area contributed by atoms with Gasteiger partial charge in [0.15, 0.2) is 11.6 Å². The number of benzene rings is 1. The number of hydrogen-bond donors (Lipinski definition) is 1. The molecule has 1 N–H and O–H groups in total. The van der Waals surface area contributed by atoms with E-state index in [0.29, 0.717) is 5.56 Å². The monoisotopic (exact) mass is 266 g/mol. The number of hydrogen-bond acceptors (Lipinski definition) is 5. The average molecular weight is 266 g/mol. The number of carboxylic acid groups (broad SMARTS) is 1. The van der Waals surface area contributed by atoms with Gasteiger partial charge < -0.3 is 14.3 Å². The molecule has 1 heterocycles. The molecule has 6 nitrogen and oxygen atoms in total. The third kappa shape index (κ3) is 3.06. The number of ether oxygens (including phenoxy) is 1. The third-order valence-corrected chi connectivity index (χ3v) is 2.42. The van der Waals surface area contributed by atoms with E-state index in [0.717, 1.165) is 0 Å². The van der Waals surface area contributed by atoms with E-state index >= 15 is 0 Å². The van der Waals surface area contributed by atoms with E-state index in [1.165, 1.54) is 25.3 Å². The molecule has 100 valence electrons. The molecular weight excluding hydrogens is 255 g/mol. The summed E-state index contributed by atoms with van der Waals surface area (Å²) in [6, 6.07) is 4.14. The normalized spacial score (nSPS) is 10.4. The number of aryl methyl sites for hydroxylation is 1. The molecule has 0 saturated carbocycles. The first-order valence-electron chi connectivity index (χ1n) is 5.48. The maximum atomic E-state index is 13.2. The number of nitrogens with zero attached hydrogens (tertiary/aromatic N) is 2. The molecule has 0 aliphatic heterocycles. The van der Waals surface area contributed by atoms with Gasteiger partial charge in [0.25, 0.3) is 0 Å². The Morgan fingerprint density at radius 1 is 1.47 bits per heavy atom. The van der Waals surface area contributed by atoms with Gasteiger partial charge in [-0.15, -0.1) is 10.2 Å². The molecule has 0 unspecified atom stereocenters. The second kappa shape index (κ2) is 5.47. The average Bonchev–Trinajstić information content (AvgIpc) is 2.86. The molecule has 0 amide bonds. The van der Waals surface area contributed by atoms with Gasteiger partial charge in [-0.25, -0.2) is 4.39 Å². The van der Waals surface area contributed by atoms with Gasteiger partial charge in [-0.05, 0) is 18.2 Å². The highest BCUT2D eigenvalue weighted by atomic mass is 19.1. The maximum absolute atomic E-state index is 13.2. The molecule has 2 rings (SSSR count). The van der Waals surface area contributed by atoms with Crippen LogP contribution in [0.5, 0.6) is 5.75 Å². The lowest BCUT2D eigenvalue weighted by molar-refractivity contribution is -0.137. The molecule has 1 aromatic heterocycles. The van der Waals surface area contributed by atoms with Crippen LogP contribution in [0.25, 0.3) is 11.5 Å². The first kappa shape index (κ1) is 13.0. The number of rotatable bonds is 5. The fourth-order valence-electron chi connectivity index (χ4n) is 1.48. The molecule has 1 aromatic carbocycles. The number of methoxy groups -OCH3 is 1. The summed E-state index contributed by atoms with van der Waals surface area (Å²) in [6.45, 7) is 0. The molecular formula is C12H11FN2O4. The van der Waals surface area contributed by atoms with Crippen LogP contribution in [0.1, 0.15) is 12.3 Å². The molecule has 0 aliphatic carbocycles. The van der Waals surface area contributed by atoms with Crippen LogP contribution >= 0.6 is 0 Å². The lowest BCUT2D eigenvalue weighted by Gasteiger charge is -2.02. The minimum absolute atomic E-state index is 0.0720. The Hall–Kier alpha value is -2.44. The summed E-state index contributed by atoms with van der Waals surface area (Å²) in [7, 11) is 1.36. The summed E-state index contributed by atoms with van der Waals surface area (Å²) >= 11 is 0. The van der Waals surface area contributed by atoms with Crippen LogP contribution in [-0.4, -0.2) is 28.4 Å². The fraction of sp³-hybridized carbons (Fsp3) is 0.250.